The molecule has 1 aromatic heterocycles. The normalized spacial score (nSPS) is 17.4. The maximum Gasteiger partial charge on any atom is 0.344 e. The molecule has 1 aliphatic carbocycles. The summed E-state index contributed by atoms with van der Waals surface area (Å²) < 4.78 is 1.49. The Labute approximate surface area is 102 Å². The quantitative estimate of drug-likeness (QED) is 0.771. The number of carboxylic acids is 1. The summed E-state index contributed by atoms with van der Waals surface area (Å²) in [7, 11) is 0. The fraction of sp³-hybridized carbons (Fsp3) is 0.700. The van der Waals surface area contributed by atoms with Crippen molar-refractivity contribution in [2.75, 3.05) is 0 Å². The third-order valence-corrected chi connectivity index (χ3v) is 4.05. The molecule has 1 atom stereocenters. The van der Waals surface area contributed by atoms with Crippen LogP contribution in [0, 0.1) is 5.92 Å². The summed E-state index contributed by atoms with van der Waals surface area (Å²) >= 11 is 1.16. The Hall–Kier alpha value is -1.24. The van der Waals surface area contributed by atoms with Crippen LogP contribution in [-0.4, -0.2) is 31.1 Å². The summed E-state index contributed by atoms with van der Waals surface area (Å²) in [6.45, 7) is 3.74. The molecule has 1 aliphatic rings. The van der Waals surface area contributed by atoms with Gasteiger partial charge in [-0.3, -0.25) is 9.36 Å². The molecule has 2 N–H and O–H groups in total. The Bertz CT molecular complexity index is 475. The van der Waals surface area contributed by atoms with E-state index in [0.29, 0.717) is 5.16 Å². The minimum absolute atomic E-state index is 0.0302. The van der Waals surface area contributed by atoms with Gasteiger partial charge in [0.1, 0.15) is 5.25 Å². The van der Waals surface area contributed by atoms with E-state index in [9.17, 15) is 9.59 Å². The van der Waals surface area contributed by atoms with Gasteiger partial charge < -0.3 is 5.11 Å². The largest absolute Gasteiger partial charge is 0.480 e. The van der Waals surface area contributed by atoms with Crippen LogP contribution in [0.4, 0.5) is 0 Å². The molecule has 1 fully saturated rings. The lowest BCUT2D eigenvalue weighted by Crippen LogP contribution is -2.22. The lowest BCUT2D eigenvalue weighted by Gasteiger charge is -2.12. The molecule has 0 radical (unpaired) electrons. The summed E-state index contributed by atoms with van der Waals surface area (Å²) in [4.78, 5) is 22.6. The molecule has 0 spiro atoms. The number of H-pyrrole nitrogens is 1. The van der Waals surface area contributed by atoms with E-state index in [1.807, 2.05) is 13.8 Å². The van der Waals surface area contributed by atoms with E-state index in [1.54, 1.807) is 0 Å². The monoisotopic (exact) mass is 257 g/mol. The minimum atomic E-state index is -0.830. The van der Waals surface area contributed by atoms with E-state index in [4.69, 9.17) is 5.11 Å². The number of thioether (sulfide) groups is 1. The van der Waals surface area contributed by atoms with E-state index in [1.165, 1.54) is 4.57 Å². The van der Waals surface area contributed by atoms with Crippen LogP contribution in [-0.2, 0) is 4.79 Å². The van der Waals surface area contributed by atoms with Gasteiger partial charge in [0.25, 0.3) is 0 Å². The third kappa shape index (κ3) is 2.54. The van der Waals surface area contributed by atoms with Gasteiger partial charge in [0.2, 0.25) is 0 Å². The highest BCUT2D eigenvalue weighted by atomic mass is 32.2. The van der Waals surface area contributed by atoms with Gasteiger partial charge in [0.15, 0.2) is 5.16 Å². The van der Waals surface area contributed by atoms with E-state index in [0.717, 1.165) is 24.6 Å². The molecule has 0 bridgehead atoms. The molecule has 0 aromatic carbocycles. The van der Waals surface area contributed by atoms with Crippen LogP contribution < -0.4 is 5.69 Å². The van der Waals surface area contributed by atoms with Crippen molar-refractivity contribution in [1.82, 2.24) is 14.8 Å². The number of aliphatic carboxylic acids is 1. The highest BCUT2D eigenvalue weighted by Gasteiger charge is 2.38. The first-order chi connectivity index (χ1) is 8.00. The molecule has 0 saturated heterocycles. The zero-order valence-corrected chi connectivity index (χ0v) is 10.5. The minimum Gasteiger partial charge on any atom is -0.480 e. The standard InChI is InChI=1S/C10H15N3O3S/c1-5(2)13-9(16)11-12-10(13)17-7(8(14)15)6-3-4-6/h5-7H,3-4H2,1-2H3,(H,11,16)(H,14,15). The first kappa shape index (κ1) is 12.2. The summed E-state index contributed by atoms with van der Waals surface area (Å²) in [5.74, 6) is -0.617. The smallest absolute Gasteiger partial charge is 0.344 e. The van der Waals surface area contributed by atoms with E-state index in [2.05, 4.69) is 10.2 Å². The van der Waals surface area contributed by atoms with Crippen LogP contribution in [0.15, 0.2) is 9.95 Å². The molecule has 1 aromatic rings. The maximum atomic E-state index is 11.5. The third-order valence-electron chi connectivity index (χ3n) is 2.71. The molecule has 1 heterocycles. The molecule has 1 unspecified atom stereocenters. The average Bonchev–Trinajstić information content (AvgIpc) is 2.99. The summed E-state index contributed by atoms with van der Waals surface area (Å²) in [6.07, 6.45) is 1.89. The molecular weight excluding hydrogens is 242 g/mol. The van der Waals surface area contributed by atoms with Gasteiger partial charge in [-0.15, -0.1) is 5.10 Å². The van der Waals surface area contributed by atoms with Crippen molar-refractivity contribution >= 4 is 17.7 Å². The average molecular weight is 257 g/mol. The topological polar surface area (TPSA) is 88.0 Å². The van der Waals surface area contributed by atoms with Gasteiger partial charge in [0, 0.05) is 6.04 Å². The van der Waals surface area contributed by atoms with Crippen LogP contribution in [0.2, 0.25) is 0 Å². The van der Waals surface area contributed by atoms with Gasteiger partial charge in [0.05, 0.1) is 0 Å². The number of nitrogens with zero attached hydrogens (tertiary/aromatic N) is 2. The van der Waals surface area contributed by atoms with E-state index < -0.39 is 11.2 Å². The number of aromatic amines is 1. The molecule has 17 heavy (non-hydrogen) atoms. The van der Waals surface area contributed by atoms with Crippen molar-refractivity contribution in [3.05, 3.63) is 10.5 Å². The Morgan fingerprint density at radius 3 is 2.71 bits per heavy atom. The number of carbonyl (C=O) groups is 1. The number of rotatable bonds is 5. The molecule has 1 saturated carbocycles. The second-order valence-electron chi connectivity index (χ2n) is 4.49. The maximum absolute atomic E-state index is 11.5. The van der Waals surface area contributed by atoms with Gasteiger partial charge in [-0.1, -0.05) is 11.8 Å². The summed E-state index contributed by atoms with van der Waals surface area (Å²) in [6, 6.07) is -0.0302. The van der Waals surface area contributed by atoms with Crippen molar-refractivity contribution in [2.45, 2.75) is 43.1 Å². The Kier molecular flexibility index (Phi) is 3.28. The predicted molar refractivity (Wildman–Crippen MR) is 63.2 cm³/mol. The van der Waals surface area contributed by atoms with Crippen molar-refractivity contribution < 1.29 is 9.90 Å². The van der Waals surface area contributed by atoms with E-state index in [-0.39, 0.29) is 17.6 Å². The van der Waals surface area contributed by atoms with Crippen molar-refractivity contribution in [1.29, 1.82) is 0 Å². The predicted octanol–water partition coefficient (Wildman–Crippen LogP) is 1.11. The second-order valence-corrected chi connectivity index (χ2v) is 5.60. The Morgan fingerprint density at radius 1 is 1.59 bits per heavy atom. The highest BCUT2D eigenvalue weighted by Crippen LogP contribution is 2.41. The Morgan fingerprint density at radius 2 is 2.24 bits per heavy atom. The second kappa shape index (κ2) is 4.56. The van der Waals surface area contributed by atoms with Gasteiger partial charge in [-0.2, -0.15) is 0 Å². The molecule has 0 aliphatic heterocycles. The summed E-state index contributed by atoms with van der Waals surface area (Å²) in [5.41, 5.74) is -0.289. The number of hydrogen-bond donors (Lipinski definition) is 2. The first-order valence-corrected chi connectivity index (χ1v) is 6.45. The summed E-state index contributed by atoms with van der Waals surface area (Å²) in [5, 5.41) is 15.4. The molecular formula is C10H15N3O3S. The number of aromatic nitrogens is 3. The number of carboxylic acid groups (broad SMARTS) is 1. The molecule has 2 rings (SSSR count). The lowest BCUT2D eigenvalue weighted by atomic mass is 10.3. The SMILES string of the molecule is CC(C)n1c(SC(C(=O)O)C2CC2)n[nH]c1=O. The molecule has 7 heteroatoms. The van der Waals surface area contributed by atoms with Gasteiger partial charge >= 0.3 is 11.7 Å². The highest BCUT2D eigenvalue weighted by molar-refractivity contribution is 8.00. The first-order valence-electron chi connectivity index (χ1n) is 5.57. The van der Waals surface area contributed by atoms with Crippen LogP contribution in [0.5, 0.6) is 0 Å². The van der Waals surface area contributed by atoms with Crippen LogP contribution >= 0.6 is 11.8 Å². The molecule has 0 amide bonds. The zero-order valence-electron chi connectivity index (χ0n) is 9.71. The fourth-order valence-corrected chi connectivity index (χ4v) is 2.99. The van der Waals surface area contributed by atoms with Crippen molar-refractivity contribution in [2.24, 2.45) is 5.92 Å². The van der Waals surface area contributed by atoms with Crippen LogP contribution in [0.1, 0.15) is 32.7 Å². The number of nitrogens with one attached hydrogen (secondary N) is 1. The van der Waals surface area contributed by atoms with Crippen LogP contribution in [0.3, 0.4) is 0 Å². The van der Waals surface area contributed by atoms with Crippen molar-refractivity contribution in [3.63, 3.8) is 0 Å². The lowest BCUT2D eigenvalue weighted by molar-refractivity contribution is -0.136. The van der Waals surface area contributed by atoms with Crippen LogP contribution in [0.25, 0.3) is 0 Å². The van der Waals surface area contributed by atoms with E-state index >= 15 is 0 Å². The fourth-order valence-electron chi connectivity index (χ4n) is 1.69. The van der Waals surface area contributed by atoms with Crippen molar-refractivity contribution in [3.8, 4) is 0 Å². The van der Waals surface area contributed by atoms with Gasteiger partial charge in [-0.25, -0.2) is 9.89 Å². The molecule has 94 valence electrons. The Balaban J connectivity index is 2.22. The zero-order chi connectivity index (χ0) is 12.6. The number of hydrogen-bond acceptors (Lipinski definition) is 4. The van der Waals surface area contributed by atoms with Gasteiger partial charge in [-0.05, 0) is 32.6 Å². The molecule has 6 nitrogen and oxygen atoms in total.